The maximum absolute atomic E-state index is 12.7. The Morgan fingerprint density at radius 1 is 1.21 bits per heavy atom. The molecule has 5 nitrogen and oxygen atoms in total. The molecule has 1 aromatic carbocycles. The van der Waals surface area contributed by atoms with Crippen molar-refractivity contribution < 1.29 is 4.79 Å². The fourth-order valence-corrected chi connectivity index (χ4v) is 2.97. The number of benzene rings is 1. The van der Waals surface area contributed by atoms with Gasteiger partial charge in [-0.3, -0.25) is 4.79 Å². The van der Waals surface area contributed by atoms with Crippen LogP contribution in [0, 0.1) is 0 Å². The first kappa shape index (κ1) is 16.3. The SMILES string of the molecule is CSc1ncccc1C(=O)N(C)Cc1cnn(-c2ccccc2)c1. The number of rotatable bonds is 5. The van der Waals surface area contributed by atoms with E-state index in [9.17, 15) is 4.79 Å². The van der Waals surface area contributed by atoms with E-state index in [4.69, 9.17) is 0 Å². The molecular weight excluding hydrogens is 320 g/mol. The Bertz CT molecular complexity index is 832. The molecule has 3 rings (SSSR count). The molecule has 0 unspecified atom stereocenters. The number of para-hydroxylation sites is 1. The van der Waals surface area contributed by atoms with Crippen LogP contribution in [-0.4, -0.2) is 38.9 Å². The van der Waals surface area contributed by atoms with Crippen molar-refractivity contribution in [2.24, 2.45) is 0 Å². The molecule has 0 spiro atoms. The van der Waals surface area contributed by atoms with Gasteiger partial charge in [0.1, 0.15) is 5.03 Å². The fourth-order valence-electron chi connectivity index (χ4n) is 2.43. The molecule has 0 saturated carbocycles. The van der Waals surface area contributed by atoms with E-state index in [0.717, 1.165) is 16.3 Å². The highest BCUT2D eigenvalue weighted by Crippen LogP contribution is 2.19. The predicted octanol–water partition coefficient (Wildman–Crippen LogP) is 3.26. The molecule has 3 aromatic rings. The minimum absolute atomic E-state index is 0.0417. The van der Waals surface area contributed by atoms with Gasteiger partial charge in [-0.05, 0) is 30.5 Å². The second-order valence-corrected chi connectivity index (χ2v) is 6.15. The van der Waals surface area contributed by atoms with E-state index in [1.165, 1.54) is 11.8 Å². The number of amides is 1. The van der Waals surface area contributed by atoms with Gasteiger partial charge in [-0.15, -0.1) is 11.8 Å². The predicted molar refractivity (Wildman–Crippen MR) is 95.4 cm³/mol. The van der Waals surface area contributed by atoms with Crippen LogP contribution in [0.5, 0.6) is 0 Å². The van der Waals surface area contributed by atoms with Crippen LogP contribution in [0.4, 0.5) is 0 Å². The zero-order valence-corrected chi connectivity index (χ0v) is 14.4. The van der Waals surface area contributed by atoms with E-state index in [2.05, 4.69) is 10.1 Å². The number of aromatic nitrogens is 3. The van der Waals surface area contributed by atoms with E-state index < -0.39 is 0 Å². The second kappa shape index (κ2) is 7.31. The zero-order valence-electron chi connectivity index (χ0n) is 13.6. The normalized spacial score (nSPS) is 10.6. The van der Waals surface area contributed by atoms with E-state index in [-0.39, 0.29) is 5.91 Å². The van der Waals surface area contributed by atoms with Gasteiger partial charge in [0.2, 0.25) is 0 Å². The third-order valence-electron chi connectivity index (χ3n) is 3.62. The monoisotopic (exact) mass is 338 g/mol. The quantitative estimate of drug-likeness (QED) is 0.670. The molecule has 24 heavy (non-hydrogen) atoms. The highest BCUT2D eigenvalue weighted by molar-refractivity contribution is 7.98. The fraction of sp³-hybridized carbons (Fsp3) is 0.167. The van der Waals surface area contributed by atoms with E-state index >= 15 is 0 Å². The zero-order chi connectivity index (χ0) is 16.9. The lowest BCUT2D eigenvalue weighted by Crippen LogP contribution is -2.26. The van der Waals surface area contributed by atoms with E-state index in [1.807, 2.05) is 53.5 Å². The topological polar surface area (TPSA) is 51.0 Å². The number of nitrogens with zero attached hydrogens (tertiary/aromatic N) is 4. The maximum Gasteiger partial charge on any atom is 0.256 e. The molecule has 0 aliphatic carbocycles. The molecule has 0 fully saturated rings. The van der Waals surface area contributed by atoms with Crippen LogP contribution in [0.15, 0.2) is 66.1 Å². The lowest BCUT2D eigenvalue weighted by molar-refractivity contribution is 0.0781. The third kappa shape index (κ3) is 3.49. The maximum atomic E-state index is 12.7. The lowest BCUT2D eigenvalue weighted by Gasteiger charge is -2.17. The highest BCUT2D eigenvalue weighted by Gasteiger charge is 2.17. The first-order chi connectivity index (χ1) is 11.7. The van der Waals surface area contributed by atoms with Gasteiger partial charge >= 0.3 is 0 Å². The Kier molecular flexibility index (Phi) is 4.96. The summed E-state index contributed by atoms with van der Waals surface area (Å²) in [5.74, 6) is -0.0417. The molecule has 0 bridgehead atoms. The molecule has 6 heteroatoms. The third-order valence-corrected chi connectivity index (χ3v) is 4.33. The van der Waals surface area contributed by atoms with Crippen LogP contribution in [0.2, 0.25) is 0 Å². The smallest absolute Gasteiger partial charge is 0.256 e. The van der Waals surface area contributed by atoms with Crippen LogP contribution in [0.25, 0.3) is 5.69 Å². The van der Waals surface area contributed by atoms with Crippen molar-refractivity contribution in [2.45, 2.75) is 11.6 Å². The summed E-state index contributed by atoms with van der Waals surface area (Å²) in [6.45, 7) is 0.494. The largest absolute Gasteiger partial charge is 0.337 e. The molecule has 0 aliphatic heterocycles. The van der Waals surface area contributed by atoms with Gasteiger partial charge in [0.05, 0.1) is 17.4 Å². The summed E-state index contributed by atoms with van der Waals surface area (Å²) >= 11 is 1.47. The van der Waals surface area contributed by atoms with Gasteiger partial charge in [-0.25, -0.2) is 9.67 Å². The summed E-state index contributed by atoms with van der Waals surface area (Å²) < 4.78 is 1.81. The number of thioether (sulfide) groups is 1. The Labute approximate surface area is 145 Å². The lowest BCUT2D eigenvalue weighted by atomic mass is 10.2. The van der Waals surface area contributed by atoms with Crippen LogP contribution in [0.3, 0.4) is 0 Å². The first-order valence-corrected chi connectivity index (χ1v) is 8.75. The van der Waals surface area contributed by atoms with Gasteiger partial charge in [0.15, 0.2) is 0 Å². The average Bonchev–Trinajstić information content (AvgIpc) is 3.10. The van der Waals surface area contributed by atoms with Crippen LogP contribution < -0.4 is 0 Å². The Morgan fingerprint density at radius 3 is 2.75 bits per heavy atom. The molecule has 0 aliphatic rings. The standard InChI is InChI=1S/C18H18N4OS/c1-21(18(23)16-9-6-10-19-17(16)24-2)12-14-11-20-22(13-14)15-7-4-3-5-8-15/h3-11,13H,12H2,1-2H3. The summed E-state index contributed by atoms with van der Waals surface area (Å²) in [5, 5.41) is 5.11. The molecular formula is C18H18N4OS. The second-order valence-electron chi connectivity index (χ2n) is 5.35. The van der Waals surface area contributed by atoms with Gasteiger partial charge < -0.3 is 4.90 Å². The van der Waals surface area contributed by atoms with Crippen molar-refractivity contribution >= 4 is 17.7 Å². The van der Waals surface area contributed by atoms with Gasteiger partial charge in [0.25, 0.3) is 5.91 Å². The van der Waals surface area contributed by atoms with Gasteiger partial charge in [-0.2, -0.15) is 5.10 Å². The van der Waals surface area contributed by atoms with Crippen LogP contribution in [0.1, 0.15) is 15.9 Å². The van der Waals surface area contributed by atoms with Crippen molar-refractivity contribution in [3.63, 3.8) is 0 Å². The first-order valence-electron chi connectivity index (χ1n) is 7.52. The molecule has 2 heterocycles. The van der Waals surface area contributed by atoms with Crippen LogP contribution in [-0.2, 0) is 6.54 Å². The molecule has 0 radical (unpaired) electrons. The van der Waals surface area contributed by atoms with E-state index in [1.54, 1.807) is 30.4 Å². The summed E-state index contributed by atoms with van der Waals surface area (Å²) in [6, 6.07) is 13.5. The Balaban J connectivity index is 1.74. The summed E-state index contributed by atoms with van der Waals surface area (Å²) in [5.41, 5.74) is 2.60. The summed E-state index contributed by atoms with van der Waals surface area (Å²) in [6.07, 6.45) is 7.35. The number of carbonyl (C=O) groups is 1. The minimum Gasteiger partial charge on any atom is -0.337 e. The number of pyridine rings is 1. The summed E-state index contributed by atoms with van der Waals surface area (Å²) in [4.78, 5) is 18.6. The Hall–Kier alpha value is -2.60. The van der Waals surface area contributed by atoms with Crippen molar-refractivity contribution in [1.82, 2.24) is 19.7 Å². The Morgan fingerprint density at radius 2 is 2.00 bits per heavy atom. The highest BCUT2D eigenvalue weighted by atomic mass is 32.2. The summed E-state index contributed by atoms with van der Waals surface area (Å²) in [7, 11) is 1.79. The number of hydrogen-bond acceptors (Lipinski definition) is 4. The number of hydrogen-bond donors (Lipinski definition) is 0. The minimum atomic E-state index is -0.0417. The van der Waals surface area contributed by atoms with Gasteiger partial charge in [-0.1, -0.05) is 18.2 Å². The molecule has 122 valence electrons. The molecule has 1 amide bonds. The molecule has 0 atom stereocenters. The molecule has 0 saturated heterocycles. The van der Waals surface area contributed by atoms with Crippen molar-refractivity contribution in [3.05, 3.63) is 72.2 Å². The molecule has 0 N–H and O–H groups in total. The van der Waals surface area contributed by atoms with Gasteiger partial charge in [0, 0.05) is 31.5 Å². The van der Waals surface area contributed by atoms with Crippen molar-refractivity contribution in [1.29, 1.82) is 0 Å². The molecule has 2 aromatic heterocycles. The van der Waals surface area contributed by atoms with Crippen molar-refractivity contribution in [3.8, 4) is 5.69 Å². The van der Waals surface area contributed by atoms with Crippen molar-refractivity contribution in [2.75, 3.05) is 13.3 Å². The number of carbonyl (C=O) groups excluding carboxylic acids is 1. The van der Waals surface area contributed by atoms with E-state index in [0.29, 0.717) is 12.1 Å². The average molecular weight is 338 g/mol. The van der Waals surface area contributed by atoms with Crippen LogP contribution >= 0.6 is 11.8 Å².